The molecule has 23 heavy (non-hydrogen) atoms. The van der Waals surface area contributed by atoms with Crippen molar-refractivity contribution in [1.29, 1.82) is 0 Å². The predicted octanol–water partition coefficient (Wildman–Crippen LogP) is 4.14. The molecule has 2 aromatic carbocycles. The molecule has 0 spiro atoms. The van der Waals surface area contributed by atoms with Crippen molar-refractivity contribution in [2.24, 2.45) is 7.05 Å². The molecule has 2 heterocycles. The molecule has 4 heteroatoms. The van der Waals surface area contributed by atoms with Gasteiger partial charge in [0.2, 0.25) is 0 Å². The molecule has 1 aliphatic rings. The molecule has 116 valence electrons. The molecular weight excluding hydrogens is 352 g/mol. The van der Waals surface area contributed by atoms with Gasteiger partial charge in [0.15, 0.2) is 0 Å². The van der Waals surface area contributed by atoms with E-state index in [0.717, 1.165) is 34.0 Å². The van der Waals surface area contributed by atoms with Crippen molar-refractivity contribution < 1.29 is 4.79 Å². The third-order valence-electron chi connectivity index (χ3n) is 4.67. The maximum absolute atomic E-state index is 13.1. The van der Waals surface area contributed by atoms with Crippen molar-refractivity contribution in [2.45, 2.75) is 13.0 Å². The van der Waals surface area contributed by atoms with Crippen molar-refractivity contribution in [3.8, 4) is 0 Å². The summed E-state index contributed by atoms with van der Waals surface area (Å²) in [5, 5.41) is 1.08. The zero-order chi connectivity index (χ0) is 16.0. The number of hydrogen-bond donors (Lipinski definition) is 0. The zero-order valence-electron chi connectivity index (χ0n) is 12.9. The average molecular weight is 369 g/mol. The highest BCUT2D eigenvalue weighted by Gasteiger charge is 2.26. The number of hydrogen-bond acceptors (Lipinski definition) is 1. The first-order valence-corrected chi connectivity index (χ1v) is 8.55. The number of nitrogens with zero attached hydrogens (tertiary/aromatic N) is 2. The Morgan fingerprint density at radius 2 is 1.74 bits per heavy atom. The summed E-state index contributed by atoms with van der Waals surface area (Å²) < 4.78 is 2.88. The van der Waals surface area contributed by atoms with Crippen LogP contribution in [-0.4, -0.2) is 21.9 Å². The van der Waals surface area contributed by atoms with Gasteiger partial charge in [-0.1, -0.05) is 42.5 Å². The number of carbonyl (C=O) groups is 1. The molecule has 0 fully saturated rings. The molecule has 0 radical (unpaired) electrons. The van der Waals surface area contributed by atoms with Crippen LogP contribution >= 0.6 is 15.9 Å². The average Bonchev–Trinajstić information content (AvgIpc) is 2.85. The van der Waals surface area contributed by atoms with Crippen LogP contribution in [0.5, 0.6) is 0 Å². The van der Waals surface area contributed by atoms with Crippen molar-refractivity contribution in [3.05, 3.63) is 69.8 Å². The summed E-state index contributed by atoms with van der Waals surface area (Å²) >= 11 is 3.63. The van der Waals surface area contributed by atoms with Crippen LogP contribution in [0.4, 0.5) is 0 Å². The van der Waals surface area contributed by atoms with E-state index in [9.17, 15) is 4.79 Å². The lowest BCUT2D eigenvalue weighted by atomic mass is 10.00. The largest absolute Gasteiger partial charge is 0.339 e. The summed E-state index contributed by atoms with van der Waals surface area (Å²) in [6, 6.07) is 16.5. The van der Waals surface area contributed by atoms with Crippen molar-refractivity contribution in [3.63, 3.8) is 0 Å². The first-order chi connectivity index (χ1) is 11.2. The fourth-order valence-corrected chi connectivity index (χ4v) is 4.17. The van der Waals surface area contributed by atoms with E-state index in [1.54, 1.807) is 0 Å². The fourth-order valence-electron chi connectivity index (χ4n) is 3.40. The zero-order valence-corrected chi connectivity index (χ0v) is 14.5. The van der Waals surface area contributed by atoms with Crippen LogP contribution in [0, 0.1) is 0 Å². The molecule has 3 nitrogen and oxygen atoms in total. The van der Waals surface area contributed by atoms with E-state index in [0.29, 0.717) is 6.54 Å². The Balaban J connectivity index is 1.74. The van der Waals surface area contributed by atoms with Crippen LogP contribution in [0.25, 0.3) is 10.9 Å². The monoisotopic (exact) mass is 368 g/mol. The topological polar surface area (TPSA) is 25.2 Å². The minimum absolute atomic E-state index is 0.0880. The Morgan fingerprint density at radius 1 is 1.04 bits per heavy atom. The number of aryl methyl sites for hydroxylation is 1. The first-order valence-electron chi connectivity index (χ1n) is 7.76. The Labute approximate surface area is 143 Å². The molecule has 0 N–H and O–H groups in total. The molecule has 0 unspecified atom stereocenters. The molecule has 0 bridgehead atoms. The summed E-state index contributed by atoms with van der Waals surface area (Å²) in [5.74, 6) is 0.0880. The van der Waals surface area contributed by atoms with Gasteiger partial charge in [-0.3, -0.25) is 4.79 Å². The molecule has 0 saturated carbocycles. The summed E-state index contributed by atoms with van der Waals surface area (Å²) in [5.41, 5.74) is 4.40. The van der Waals surface area contributed by atoms with E-state index in [2.05, 4.69) is 34.1 Å². The molecule has 4 rings (SSSR count). The summed E-state index contributed by atoms with van der Waals surface area (Å²) in [6.07, 6.45) is 0.920. The van der Waals surface area contributed by atoms with E-state index < -0.39 is 0 Å². The van der Waals surface area contributed by atoms with Gasteiger partial charge in [0, 0.05) is 31.0 Å². The van der Waals surface area contributed by atoms with Crippen LogP contribution < -0.4 is 0 Å². The van der Waals surface area contributed by atoms with Crippen molar-refractivity contribution >= 4 is 32.7 Å². The standard InChI is InChI=1S/C19H17BrN2O/c1-21-16-9-5-4-8-15(16)17(20)18(21)19(23)22-11-10-13-6-2-3-7-14(13)12-22/h2-9H,10-12H2,1H3. The molecule has 0 aliphatic carbocycles. The van der Waals surface area contributed by atoms with Crippen molar-refractivity contribution in [2.75, 3.05) is 6.54 Å². The van der Waals surface area contributed by atoms with Gasteiger partial charge in [0.25, 0.3) is 5.91 Å². The lowest BCUT2D eigenvalue weighted by Gasteiger charge is -2.29. The molecular formula is C19H17BrN2O. The second-order valence-electron chi connectivity index (χ2n) is 5.98. The van der Waals surface area contributed by atoms with Crippen LogP contribution in [0.2, 0.25) is 0 Å². The number of aromatic nitrogens is 1. The third kappa shape index (κ3) is 2.29. The molecule has 3 aromatic rings. The second-order valence-corrected chi connectivity index (χ2v) is 6.78. The number of para-hydroxylation sites is 1. The maximum Gasteiger partial charge on any atom is 0.271 e. The Bertz CT molecular complexity index is 874. The van der Waals surface area contributed by atoms with Gasteiger partial charge in [-0.2, -0.15) is 0 Å². The quantitative estimate of drug-likeness (QED) is 0.633. The van der Waals surface area contributed by atoms with Gasteiger partial charge in [-0.05, 0) is 39.5 Å². The lowest BCUT2D eigenvalue weighted by molar-refractivity contribution is 0.0724. The molecule has 0 saturated heterocycles. The number of benzene rings is 2. The minimum atomic E-state index is 0.0880. The van der Waals surface area contributed by atoms with E-state index in [-0.39, 0.29) is 5.91 Å². The Hall–Kier alpha value is -2.07. The number of fused-ring (bicyclic) bond motifs is 2. The number of amides is 1. The summed E-state index contributed by atoms with van der Waals surface area (Å²) in [6.45, 7) is 1.45. The molecule has 0 atom stereocenters. The maximum atomic E-state index is 13.1. The van der Waals surface area contributed by atoms with Gasteiger partial charge in [-0.25, -0.2) is 0 Å². The molecule has 1 aliphatic heterocycles. The highest BCUT2D eigenvalue weighted by atomic mass is 79.9. The molecule has 1 aromatic heterocycles. The predicted molar refractivity (Wildman–Crippen MR) is 95.5 cm³/mol. The third-order valence-corrected chi connectivity index (χ3v) is 5.47. The summed E-state index contributed by atoms with van der Waals surface area (Å²) in [4.78, 5) is 15.0. The summed E-state index contributed by atoms with van der Waals surface area (Å²) in [7, 11) is 1.96. The Kier molecular flexibility index (Phi) is 3.49. The van der Waals surface area contributed by atoms with E-state index in [1.165, 1.54) is 11.1 Å². The first kappa shape index (κ1) is 14.5. The van der Waals surface area contributed by atoms with Gasteiger partial charge in [0.1, 0.15) is 5.69 Å². The Morgan fingerprint density at radius 3 is 2.52 bits per heavy atom. The van der Waals surface area contributed by atoms with Gasteiger partial charge < -0.3 is 9.47 Å². The van der Waals surface area contributed by atoms with Crippen molar-refractivity contribution in [1.82, 2.24) is 9.47 Å². The normalized spacial score (nSPS) is 14.1. The highest BCUT2D eigenvalue weighted by Crippen LogP contribution is 2.32. The second kappa shape index (κ2) is 5.53. The highest BCUT2D eigenvalue weighted by molar-refractivity contribution is 9.10. The number of carbonyl (C=O) groups excluding carboxylic acids is 1. The minimum Gasteiger partial charge on any atom is -0.339 e. The number of rotatable bonds is 1. The van der Waals surface area contributed by atoms with Crippen LogP contribution in [0.3, 0.4) is 0 Å². The lowest BCUT2D eigenvalue weighted by Crippen LogP contribution is -2.37. The van der Waals surface area contributed by atoms with Crippen LogP contribution in [0.1, 0.15) is 21.6 Å². The number of halogens is 1. The SMILES string of the molecule is Cn1c(C(=O)N2CCc3ccccc3C2)c(Br)c2ccccc21. The van der Waals surface area contributed by atoms with E-state index >= 15 is 0 Å². The van der Waals surface area contributed by atoms with Gasteiger partial charge in [0.05, 0.1) is 4.47 Å². The molecule has 1 amide bonds. The van der Waals surface area contributed by atoms with Gasteiger partial charge in [-0.15, -0.1) is 0 Å². The smallest absolute Gasteiger partial charge is 0.271 e. The van der Waals surface area contributed by atoms with Crippen LogP contribution in [-0.2, 0) is 20.0 Å². The van der Waals surface area contributed by atoms with Gasteiger partial charge >= 0.3 is 0 Å². The fraction of sp³-hybridized carbons (Fsp3) is 0.211. The van der Waals surface area contributed by atoms with E-state index in [4.69, 9.17) is 0 Å². The van der Waals surface area contributed by atoms with Crippen LogP contribution in [0.15, 0.2) is 53.0 Å². The van der Waals surface area contributed by atoms with E-state index in [1.807, 2.05) is 46.8 Å².